The predicted molar refractivity (Wildman–Crippen MR) is 120 cm³/mol. The van der Waals surface area contributed by atoms with E-state index >= 15 is 0 Å². The van der Waals surface area contributed by atoms with E-state index in [1.807, 2.05) is 0 Å². The molecule has 9 heteroatoms. The van der Waals surface area contributed by atoms with Crippen molar-refractivity contribution in [2.45, 2.75) is 6.42 Å². The number of ether oxygens (including phenoxy) is 2. The first-order valence-corrected chi connectivity index (χ1v) is 9.70. The number of hydrogen-bond donors (Lipinski definition) is 2. The zero-order valence-corrected chi connectivity index (χ0v) is 18.3. The highest BCUT2D eigenvalue weighted by Crippen LogP contribution is 2.33. The minimum absolute atomic E-state index is 0.117. The molecule has 0 radical (unpaired) electrons. The average Bonchev–Trinajstić information content (AvgIpc) is 2.68. The normalized spacial score (nSPS) is 10.3. The lowest BCUT2D eigenvalue weighted by atomic mass is 10.2. The van der Waals surface area contributed by atoms with Crippen LogP contribution >= 0.6 is 34.2 Å². The molecule has 2 rings (SSSR count). The second kappa shape index (κ2) is 11.3. The van der Waals surface area contributed by atoms with Crippen molar-refractivity contribution in [1.82, 2.24) is 5.43 Å². The van der Waals surface area contributed by atoms with E-state index in [-0.39, 0.29) is 6.61 Å². The fourth-order valence-corrected chi connectivity index (χ4v) is 3.15. The first-order valence-electron chi connectivity index (χ1n) is 8.24. The lowest BCUT2D eigenvalue weighted by Crippen LogP contribution is -2.24. The van der Waals surface area contributed by atoms with Crippen LogP contribution in [0.15, 0.2) is 41.5 Å². The van der Waals surface area contributed by atoms with E-state index in [2.05, 4.69) is 44.4 Å². The molecule has 0 atom stereocenters. The SMILES string of the molecule is C#CCOc1c(I)cc(C=NNC(=O)CC(=O)Nc2ccccc2Cl)cc1OC. The summed E-state index contributed by atoms with van der Waals surface area (Å²) in [5.74, 6) is 2.34. The van der Waals surface area contributed by atoms with Crippen molar-refractivity contribution < 1.29 is 19.1 Å². The molecule has 0 aliphatic heterocycles. The molecule has 0 bridgehead atoms. The Kier molecular flexibility index (Phi) is 8.76. The van der Waals surface area contributed by atoms with Gasteiger partial charge in [0, 0.05) is 0 Å². The highest BCUT2D eigenvalue weighted by atomic mass is 127. The molecule has 0 unspecified atom stereocenters. The highest BCUT2D eigenvalue weighted by molar-refractivity contribution is 14.1. The number of carbonyl (C=O) groups is 2. The van der Waals surface area contributed by atoms with Crippen molar-refractivity contribution in [2.24, 2.45) is 5.10 Å². The van der Waals surface area contributed by atoms with Crippen LogP contribution in [0.3, 0.4) is 0 Å². The number of rotatable bonds is 8. The topological polar surface area (TPSA) is 89.0 Å². The molecule has 2 amide bonds. The minimum Gasteiger partial charge on any atom is -0.493 e. The number of para-hydroxylation sites is 1. The summed E-state index contributed by atoms with van der Waals surface area (Å²) in [5.41, 5.74) is 3.41. The van der Waals surface area contributed by atoms with E-state index in [1.54, 1.807) is 36.4 Å². The molecule has 0 fully saturated rings. The molecular weight excluding hydrogens is 509 g/mol. The lowest BCUT2D eigenvalue weighted by molar-refractivity contribution is -0.126. The van der Waals surface area contributed by atoms with Gasteiger partial charge in [-0.3, -0.25) is 9.59 Å². The third-order valence-corrected chi connectivity index (χ3v) is 4.55. The van der Waals surface area contributed by atoms with Crippen LogP contribution in [0.4, 0.5) is 5.69 Å². The largest absolute Gasteiger partial charge is 0.493 e. The number of hydrogen-bond acceptors (Lipinski definition) is 5. The first kappa shape index (κ1) is 22.5. The van der Waals surface area contributed by atoms with Crippen molar-refractivity contribution in [2.75, 3.05) is 19.0 Å². The number of benzene rings is 2. The van der Waals surface area contributed by atoms with Crippen molar-refractivity contribution in [3.63, 3.8) is 0 Å². The van der Waals surface area contributed by atoms with Gasteiger partial charge in [0.25, 0.3) is 0 Å². The van der Waals surface area contributed by atoms with Crippen LogP contribution in [-0.2, 0) is 9.59 Å². The molecule has 2 aromatic carbocycles. The van der Waals surface area contributed by atoms with Crippen molar-refractivity contribution in [3.8, 4) is 23.8 Å². The molecule has 0 saturated heterocycles. The summed E-state index contributed by atoms with van der Waals surface area (Å²) in [6.07, 6.45) is 6.24. The van der Waals surface area contributed by atoms with E-state index in [9.17, 15) is 9.59 Å². The summed E-state index contributed by atoms with van der Waals surface area (Å²) in [6, 6.07) is 10.2. The molecule has 29 heavy (non-hydrogen) atoms. The Morgan fingerprint density at radius 2 is 2.07 bits per heavy atom. The number of nitrogens with zero attached hydrogens (tertiary/aromatic N) is 1. The van der Waals surface area contributed by atoms with Gasteiger partial charge in [-0.05, 0) is 52.4 Å². The van der Waals surface area contributed by atoms with Gasteiger partial charge in [-0.2, -0.15) is 5.10 Å². The van der Waals surface area contributed by atoms with Crippen LogP contribution in [0.5, 0.6) is 11.5 Å². The summed E-state index contributed by atoms with van der Waals surface area (Å²) >= 11 is 8.05. The van der Waals surface area contributed by atoms with E-state index in [0.717, 1.165) is 3.57 Å². The number of amides is 2. The molecule has 0 spiro atoms. The molecule has 150 valence electrons. The van der Waals surface area contributed by atoms with Crippen LogP contribution in [-0.4, -0.2) is 31.7 Å². The standard InChI is InChI=1S/C20H17ClIN3O4/c1-3-8-29-20-15(22)9-13(10-17(20)28-2)12-23-25-19(27)11-18(26)24-16-7-5-4-6-14(16)21/h1,4-7,9-10,12H,8,11H2,2H3,(H,24,26)(H,25,27). The fourth-order valence-electron chi connectivity index (χ4n) is 2.19. The Labute approximate surface area is 186 Å². The quantitative estimate of drug-likeness (QED) is 0.182. The van der Waals surface area contributed by atoms with Gasteiger partial charge in [-0.15, -0.1) is 6.42 Å². The summed E-state index contributed by atoms with van der Waals surface area (Å²) in [7, 11) is 1.51. The Bertz CT molecular complexity index is 973. The number of hydrazone groups is 1. The van der Waals surface area contributed by atoms with E-state index in [1.165, 1.54) is 13.3 Å². The van der Waals surface area contributed by atoms with Gasteiger partial charge in [0.2, 0.25) is 11.8 Å². The average molecular weight is 526 g/mol. The molecule has 0 aromatic heterocycles. The second-order valence-corrected chi connectivity index (χ2v) is 7.09. The minimum atomic E-state index is -0.568. The number of terminal acetylenes is 1. The Hall–Kier alpha value is -2.77. The molecule has 0 heterocycles. The number of nitrogens with one attached hydrogen (secondary N) is 2. The molecule has 0 aliphatic rings. The zero-order valence-electron chi connectivity index (χ0n) is 15.4. The first-order chi connectivity index (χ1) is 13.9. The summed E-state index contributed by atoms with van der Waals surface area (Å²) < 4.78 is 11.5. The van der Waals surface area contributed by atoms with Crippen molar-refractivity contribution in [3.05, 3.63) is 50.6 Å². The number of carbonyl (C=O) groups excluding carboxylic acids is 2. The van der Waals surface area contributed by atoms with Crippen LogP contribution in [0.1, 0.15) is 12.0 Å². The van der Waals surface area contributed by atoms with Crippen LogP contribution < -0.4 is 20.2 Å². The van der Waals surface area contributed by atoms with Gasteiger partial charge < -0.3 is 14.8 Å². The smallest absolute Gasteiger partial charge is 0.249 e. The van der Waals surface area contributed by atoms with Crippen LogP contribution in [0, 0.1) is 15.9 Å². The van der Waals surface area contributed by atoms with Gasteiger partial charge >= 0.3 is 0 Å². The fraction of sp³-hybridized carbons (Fsp3) is 0.150. The van der Waals surface area contributed by atoms with E-state index in [4.69, 9.17) is 27.5 Å². The molecule has 7 nitrogen and oxygen atoms in total. The van der Waals surface area contributed by atoms with E-state index in [0.29, 0.717) is 27.8 Å². The van der Waals surface area contributed by atoms with E-state index < -0.39 is 18.2 Å². The Morgan fingerprint density at radius 3 is 2.76 bits per heavy atom. The number of methoxy groups -OCH3 is 1. The number of halogens is 2. The molecule has 2 N–H and O–H groups in total. The third-order valence-electron chi connectivity index (χ3n) is 3.42. The van der Waals surface area contributed by atoms with Crippen molar-refractivity contribution >= 4 is 57.9 Å². The lowest BCUT2D eigenvalue weighted by Gasteiger charge is -2.11. The van der Waals surface area contributed by atoms with Crippen LogP contribution in [0.2, 0.25) is 5.02 Å². The highest BCUT2D eigenvalue weighted by Gasteiger charge is 2.12. The van der Waals surface area contributed by atoms with Gasteiger partial charge in [0.1, 0.15) is 13.0 Å². The molecule has 2 aromatic rings. The summed E-state index contributed by atoms with van der Waals surface area (Å²) in [5, 5.41) is 6.82. The second-order valence-electron chi connectivity index (χ2n) is 5.52. The monoisotopic (exact) mass is 525 g/mol. The Morgan fingerprint density at radius 1 is 1.31 bits per heavy atom. The molecular formula is C20H17ClIN3O4. The maximum atomic E-state index is 11.9. The summed E-state index contributed by atoms with van der Waals surface area (Å²) in [6.45, 7) is 0.117. The van der Waals surface area contributed by atoms with Crippen LogP contribution in [0.25, 0.3) is 0 Å². The van der Waals surface area contributed by atoms with Gasteiger partial charge in [0.15, 0.2) is 11.5 Å². The number of anilines is 1. The maximum absolute atomic E-state index is 11.9. The Balaban J connectivity index is 1.94. The van der Waals surface area contributed by atoms with Gasteiger partial charge in [-0.25, -0.2) is 5.43 Å². The zero-order chi connectivity index (χ0) is 21.2. The van der Waals surface area contributed by atoms with Gasteiger partial charge in [0.05, 0.1) is 27.6 Å². The predicted octanol–water partition coefficient (Wildman–Crippen LogP) is 3.44. The molecule has 0 aliphatic carbocycles. The third kappa shape index (κ3) is 6.96. The molecule has 0 saturated carbocycles. The summed E-state index contributed by atoms with van der Waals surface area (Å²) in [4.78, 5) is 23.8. The van der Waals surface area contributed by atoms with Gasteiger partial charge in [-0.1, -0.05) is 29.7 Å². The maximum Gasteiger partial charge on any atom is 0.249 e. The van der Waals surface area contributed by atoms with Crippen molar-refractivity contribution in [1.29, 1.82) is 0 Å².